The highest BCUT2D eigenvalue weighted by atomic mass is 79.9. The molecule has 2 amide bonds. The number of amidine groups is 1. The molecule has 146 valence electrons. The fraction of sp³-hybridized carbons (Fsp3) is 0.250. The van der Waals surface area contributed by atoms with E-state index in [0.29, 0.717) is 17.5 Å². The third kappa shape index (κ3) is 4.74. The third-order valence-corrected chi connectivity index (χ3v) is 5.71. The lowest BCUT2D eigenvalue weighted by Crippen LogP contribution is -2.25. The van der Waals surface area contributed by atoms with Crippen LogP contribution in [0.5, 0.6) is 5.75 Å². The van der Waals surface area contributed by atoms with Crippen molar-refractivity contribution in [1.82, 2.24) is 10.3 Å². The van der Waals surface area contributed by atoms with Crippen molar-refractivity contribution >= 4 is 44.7 Å². The van der Waals surface area contributed by atoms with Crippen LogP contribution in [0.15, 0.2) is 52.0 Å². The molecule has 6 nitrogen and oxygen atoms in total. The first-order valence-corrected chi connectivity index (χ1v) is 10.3. The van der Waals surface area contributed by atoms with Crippen LogP contribution < -0.4 is 10.1 Å². The van der Waals surface area contributed by atoms with E-state index in [4.69, 9.17) is 4.74 Å². The van der Waals surface area contributed by atoms with Gasteiger partial charge in [-0.25, -0.2) is 5.01 Å². The van der Waals surface area contributed by atoms with Gasteiger partial charge in [-0.2, -0.15) is 0 Å². The Balaban J connectivity index is 1.88. The number of carbonyl (C=O) groups is 2. The summed E-state index contributed by atoms with van der Waals surface area (Å²) in [7, 11) is 0. The minimum atomic E-state index is -0.427. The number of halogens is 1. The summed E-state index contributed by atoms with van der Waals surface area (Å²) in [5.74, 6) is 0.206. The largest absolute Gasteiger partial charge is 0.488 e. The first-order valence-electron chi connectivity index (χ1n) is 8.64. The Morgan fingerprint density at radius 3 is 2.68 bits per heavy atom. The first kappa shape index (κ1) is 20.4. The molecule has 1 atom stereocenters. The van der Waals surface area contributed by atoms with Gasteiger partial charge in [-0.15, -0.1) is 5.10 Å². The summed E-state index contributed by atoms with van der Waals surface area (Å²) in [6.45, 7) is 5.31. The zero-order valence-electron chi connectivity index (χ0n) is 15.7. The van der Waals surface area contributed by atoms with Gasteiger partial charge in [0.1, 0.15) is 17.7 Å². The number of carbonyl (C=O) groups excluding carboxylic acids is 2. The molecule has 0 aromatic heterocycles. The number of benzene rings is 2. The maximum Gasteiger partial charge on any atom is 0.241 e. The Morgan fingerprint density at radius 1 is 1.25 bits per heavy atom. The number of amides is 2. The fourth-order valence-electron chi connectivity index (χ4n) is 2.74. The molecule has 0 spiro atoms. The highest BCUT2D eigenvalue weighted by Crippen LogP contribution is 2.43. The molecule has 1 aliphatic rings. The predicted octanol–water partition coefficient (Wildman–Crippen LogP) is 4.34. The van der Waals surface area contributed by atoms with Crippen molar-refractivity contribution in [2.45, 2.75) is 32.8 Å². The number of aryl methyl sites for hydroxylation is 1. The molecular formula is C20H20BrN3O3S. The summed E-state index contributed by atoms with van der Waals surface area (Å²) >= 11 is 4.79. The summed E-state index contributed by atoms with van der Waals surface area (Å²) in [5, 5.41) is 8.22. The molecule has 0 radical (unpaired) electrons. The molecule has 1 unspecified atom stereocenters. The molecule has 3 rings (SSSR count). The van der Waals surface area contributed by atoms with Gasteiger partial charge in [0.25, 0.3) is 0 Å². The number of thioether (sulfide) groups is 1. The molecule has 0 saturated heterocycles. The average molecular weight is 462 g/mol. The van der Waals surface area contributed by atoms with Crippen LogP contribution in [0.2, 0.25) is 0 Å². The highest BCUT2D eigenvalue weighted by molar-refractivity contribution is 9.10. The van der Waals surface area contributed by atoms with Crippen molar-refractivity contribution in [2.75, 3.05) is 0 Å². The van der Waals surface area contributed by atoms with Crippen LogP contribution in [0, 0.1) is 6.92 Å². The minimum absolute atomic E-state index is 0.220. The lowest BCUT2D eigenvalue weighted by molar-refractivity contribution is -0.129. The summed E-state index contributed by atoms with van der Waals surface area (Å²) in [6, 6.07) is 13.7. The smallest absolute Gasteiger partial charge is 0.241 e. The quantitative estimate of drug-likeness (QED) is 0.734. The van der Waals surface area contributed by atoms with E-state index < -0.39 is 5.37 Å². The number of nitrogens with zero attached hydrogens (tertiary/aromatic N) is 2. The van der Waals surface area contributed by atoms with Gasteiger partial charge in [-0.3, -0.25) is 9.59 Å². The molecular weight excluding hydrogens is 442 g/mol. The van der Waals surface area contributed by atoms with Gasteiger partial charge >= 0.3 is 0 Å². The molecule has 1 aliphatic heterocycles. The van der Waals surface area contributed by atoms with E-state index in [0.717, 1.165) is 21.2 Å². The van der Waals surface area contributed by atoms with Gasteiger partial charge in [0.2, 0.25) is 11.8 Å². The van der Waals surface area contributed by atoms with E-state index in [1.165, 1.54) is 30.6 Å². The maximum absolute atomic E-state index is 12.1. The predicted molar refractivity (Wildman–Crippen MR) is 114 cm³/mol. The van der Waals surface area contributed by atoms with Gasteiger partial charge < -0.3 is 10.1 Å². The van der Waals surface area contributed by atoms with Crippen LogP contribution in [0.1, 0.15) is 35.9 Å². The standard InChI is InChI=1S/C20H20BrN3O3S/c1-12-6-4-5-7-15(12)11-27-18-9-8-16(21)10-17(18)19-24(14(3)26)23-20(28-19)22-13(2)25/h4-10,19H,11H2,1-3H3,(H,22,23,25). The van der Waals surface area contributed by atoms with Crippen molar-refractivity contribution in [3.63, 3.8) is 0 Å². The summed E-state index contributed by atoms with van der Waals surface area (Å²) in [4.78, 5) is 23.5. The number of rotatable bonds is 4. The Kier molecular flexibility index (Phi) is 6.41. The van der Waals surface area contributed by atoms with E-state index in [1.54, 1.807) is 0 Å². The van der Waals surface area contributed by atoms with Crippen LogP contribution >= 0.6 is 27.7 Å². The van der Waals surface area contributed by atoms with Gasteiger partial charge in [-0.05, 0) is 36.2 Å². The number of ether oxygens (including phenoxy) is 1. The molecule has 28 heavy (non-hydrogen) atoms. The number of nitrogens with one attached hydrogen (secondary N) is 1. The average Bonchev–Trinajstić information content (AvgIpc) is 3.05. The van der Waals surface area contributed by atoms with Gasteiger partial charge in [0.15, 0.2) is 5.17 Å². The Hall–Kier alpha value is -2.32. The van der Waals surface area contributed by atoms with Crippen LogP contribution in [0.4, 0.5) is 0 Å². The molecule has 0 bridgehead atoms. The SMILES string of the molecule is CC(=O)NC1=NN(C(C)=O)C(c2cc(Br)ccc2OCc2ccccc2C)S1. The summed E-state index contributed by atoms with van der Waals surface area (Å²) < 4.78 is 6.97. The lowest BCUT2D eigenvalue weighted by atomic mass is 10.1. The first-order chi connectivity index (χ1) is 13.3. The normalized spacial score (nSPS) is 15.9. The number of hydrogen-bond donors (Lipinski definition) is 1. The van der Waals surface area contributed by atoms with Gasteiger partial charge in [0, 0.05) is 23.9 Å². The molecule has 2 aromatic carbocycles. The second-order valence-electron chi connectivity index (χ2n) is 6.32. The van der Waals surface area contributed by atoms with Crippen LogP contribution in [0.3, 0.4) is 0 Å². The Labute approximate surface area is 176 Å². The van der Waals surface area contributed by atoms with E-state index in [9.17, 15) is 9.59 Å². The zero-order chi connectivity index (χ0) is 20.3. The van der Waals surface area contributed by atoms with Crippen molar-refractivity contribution < 1.29 is 14.3 Å². The highest BCUT2D eigenvalue weighted by Gasteiger charge is 2.34. The molecule has 0 fully saturated rings. The minimum Gasteiger partial charge on any atom is -0.488 e. The van der Waals surface area contributed by atoms with E-state index in [-0.39, 0.29) is 11.8 Å². The topological polar surface area (TPSA) is 71.0 Å². The summed E-state index contributed by atoms with van der Waals surface area (Å²) in [6.07, 6.45) is 0. The molecule has 0 aliphatic carbocycles. The third-order valence-electron chi connectivity index (χ3n) is 4.13. The Morgan fingerprint density at radius 2 is 2.00 bits per heavy atom. The van der Waals surface area contributed by atoms with Crippen LogP contribution in [0.25, 0.3) is 0 Å². The molecule has 2 aromatic rings. The van der Waals surface area contributed by atoms with Crippen LogP contribution in [-0.2, 0) is 16.2 Å². The molecule has 0 saturated carbocycles. The van der Waals surface area contributed by atoms with Crippen molar-refractivity contribution in [2.24, 2.45) is 5.10 Å². The van der Waals surface area contributed by atoms with E-state index in [1.807, 2.05) is 49.4 Å². The second kappa shape index (κ2) is 8.79. The fourth-order valence-corrected chi connectivity index (χ4v) is 4.27. The van der Waals surface area contributed by atoms with E-state index in [2.05, 4.69) is 26.3 Å². The van der Waals surface area contributed by atoms with Gasteiger partial charge in [0.05, 0.1) is 0 Å². The number of hydrazone groups is 1. The molecule has 1 heterocycles. The molecule has 8 heteroatoms. The van der Waals surface area contributed by atoms with Crippen molar-refractivity contribution in [1.29, 1.82) is 0 Å². The van der Waals surface area contributed by atoms with Crippen LogP contribution in [-0.4, -0.2) is 22.0 Å². The second-order valence-corrected chi connectivity index (χ2v) is 8.30. The van der Waals surface area contributed by atoms with Crippen molar-refractivity contribution in [3.8, 4) is 5.75 Å². The monoisotopic (exact) mass is 461 g/mol. The lowest BCUT2D eigenvalue weighted by Gasteiger charge is -2.22. The molecule has 1 N–H and O–H groups in total. The maximum atomic E-state index is 12.1. The summed E-state index contributed by atoms with van der Waals surface area (Å²) in [5.41, 5.74) is 3.04. The van der Waals surface area contributed by atoms with Gasteiger partial charge in [-0.1, -0.05) is 52.0 Å². The Bertz CT molecular complexity index is 948. The van der Waals surface area contributed by atoms with E-state index >= 15 is 0 Å². The van der Waals surface area contributed by atoms with Crippen molar-refractivity contribution in [3.05, 3.63) is 63.6 Å². The number of hydrogen-bond acceptors (Lipinski definition) is 5. The zero-order valence-corrected chi connectivity index (χ0v) is 18.1.